The van der Waals surface area contributed by atoms with Crippen LogP contribution in [0.1, 0.15) is 35.3 Å². The number of H-pyrrole nitrogens is 1. The summed E-state index contributed by atoms with van der Waals surface area (Å²) in [5, 5.41) is 8.12. The molecule has 0 aliphatic heterocycles. The molecular formula is C17H24N6S. The molecule has 0 aliphatic carbocycles. The number of fused-ring (bicyclic) bond motifs is 1. The van der Waals surface area contributed by atoms with E-state index in [-0.39, 0.29) is 0 Å². The maximum atomic E-state index is 4.71. The van der Waals surface area contributed by atoms with Crippen molar-refractivity contribution >= 4 is 23.2 Å². The molecule has 3 aromatic rings. The summed E-state index contributed by atoms with van der Waals surface area (Å²) in [7, 11) is 0. The molecule has 0 aromatic carbocycles. The Morgan fingerprint density at radius 3 is 2.83 bits per heavy atom. The van der Waals surface area contributed by atoms with Crippen LogP contribution in [-0.2, 0) is 12.2 Å². The predicted octanol–water partition coefficient (Wildman–Crippen LogP) is 3.29. The van der Waals surface area contributed by atoms with Crippen molar-refractivity contribution in [3.05, 3.63) is 40.7 Å². The highest BCUT2D eigenvalue weighted by Crippen LogP contribution is 2.19. The molecule has 2 N–H and O–H groups in total. The summed E-state index contributed by atoms with van der Waals surface area (Å²) < 4.78 is 1.92. The molecular weight excluding hydrogens is 320 g/mol. The quantitative estimate of drug-likeness (QED) is 0.644. The van der Waals surface area contributed by atoms with E-state index in [2.05, 4.69) is 47.2 Å². The molecule has 0 spiro atoms. The number of thioether (sulfide) groups is 1. The van der Waals surface area contributed by atoms with Crippen molar-refractivity contribution in [2.75, 3.05) is 17.6 Å². The van der Waals surface area contributed by atoms with E-state index in [9.17, 15) is 0 Å². The average molecular weight is 344 g/mol. The zero-order chi connectivity index (χ0) is 17.1. The molecule has 0 saturated carbocycles. The van der Waals surface area contributed by atoms with Crippen molar-refractivity contribution in [1.29, 1.82) is 0 Å². The second kappa shape index (κ2) is 7.25. The van der Waals surface area contributed by atoms with E-state index in [1.807, 2.05) is 23.2 Å². The number of hydrogen-bond donors (Lipinski definition) is 2. The van der Waals surface area contributed by atoms with Crippen molar-refractivity contribution in [2.45, 2.75) is 39.9 Å². The van der Waals surface area contributed by atoms with E-state index in [4.69, 9.17) is 4.98 Å². The molecule has 7 heteroatoms. The summed E-state index contributed by atoms with van der Waals surface area (Å²) in [6.45, 7) is 9.18. The van der Waals surface area contributed by atoms with Crippen LogP contribution in [0.4, 0.5) is 5.82 Å². The molecule has 0 amide bonds. The van der Waals surface area contributed by atoms with E-state index in [0.29, 0.717) is 0 Å². The summed E-state index contributed by atoms with van der Waals surface area (Å²) in [6, 6.07) is 2.10. The van der Waals surface area contributed by atoms with Crippen molar-refractivity contribution < 1.29 is 0 Å². The summed E-state index contributed by atoms with van der Waals surface area (Å²) in [5.74, 6) is 2.96. The molecule has 0 radical (unpaired) electrons. The number of imidazole rings is 1. The standard InChI is InChI=1S/C17H24N6S/c1-5-14-8-16(23-17(21-14)11(2)12(3)22-23)18-6-7-24-9-15-13(4)19-10-20-15/h8,10,18H,5-7,9H2,1-4H3,(H,19,20). The highest BCUT2D eigenvalue weighted by atomic mass is 32.2. The van der Waals surface area contributed by atoms with E-state index >= 15 is 0 Å². The number of aromatic nitrogens is 5. The van der Waals surface area contributed by atoms with Crippen LogP contribution >= 0.6 is 11.8 Å². The van der Waals surface area contributed by atoms with Crippen LogP contribution in [0.2, 0.25) is 0 Å². The minimum absolute atomic E-state index is 0.883. The van der Waals surface area contributed by atoms with Crippen molar-refractivity contribution in [1.82, 2.24) is 24.6 Å². The zero-order valence-electron chi connectivity index (χ0n) is 14.7. The lowest BCUT2D eigenvalue weighted by Gasteiger charge is -2.10. The average Bonchev–Trinajstić information content (AvgIpc) is 3.11. The fraction of sp³-hybridized carbons (Fsp3) is 0.471. The van der Waals surface area contributed by atoms with E-state index < -0.39 is 0 Å². The van der Waals surface area contributed by atoms with Gasteiger partial charge >= 0.3 is 0 Å². The highest BCUT2D eigenvalue weighted by Gasteiger charge is 2.11. The lowest BCUT2D eigenvalue weighted by molar-refractivity contribution is 0.894. The number of anilines is 1. The van der Waals surface area contributed by atoms with E-state index in [1.54, 1.807) is 6.33 Å². The van der Waals surface area contributed by atoms with E-state index in [0.717, 1.165) is 64.3 Å². The van der Waals surface area contributed by atoms with Gasteiger partial charge in [-0.05, 0) is 27.2 Å². The number of nitrogens with one attached hydrogen (secondary N) is 2. The second-order valence-electron chi connectivity index (χ2n) is 5.89. The van der Waals surface area contributed by atoms with Gasteiger partial charge in [0.2, 0.25) is 0 Å². The van der Waals surface area contributed by atoms with Crippen LogP contribution in [0.25, 0.3) is 5.65 Å². The first kappa shape index (κ1) is 16.8. The molecule has 0 unspecified atom stereocenters. The van der Waals surface area contributed by atoms with Crippen LogP contribution in [0.3, 0.4) is 0 Å². The molecule has 24 heavy (non-hydrogen) atoms. The van der Waals surface area contributed by atoms with Crippen LogP contribution in [-0.4, -0.2) is 36.9 Å². The maximum Gasteiger partial charge on any atom is 0.160 e. The molecule has 0 atom stereocenters. The lowest BCUT2D eigenvalue weighted by atomic mass is 10.2. The third-order valence-corrected chi connectivity index (χ3v) is 5.17. The topological polar surface area (TPSA) is 70.9 Å². The Balaban J connectivity index is 1.64. The van der Waals surface area contributed by atoms with Crippen LogP contribution in [0, 0.1) is 20.8 Å². The summed E-state index contributed by atoms with van der Waals surface area (Å²) in [4.78, 5) is 12.2. The maximum absolute atomic E-state index is 4.71. The largest absolute Gasteiger partial charge is 0.369 e. The molecule has 3 heterocycles. The van der Waals surface area contributed by atoms with Crippen LogP contribution in [0.5, 0.6) is 0 Å². The Labute approximate surface area is 146 Å². The third kappa shape index (κ3) is 3.40. The summed E-state index contributed by atoms with van der Waals surface area (Å²) in [6.07, 6.45) is 2.67. The molecule has 3 rings (SSSR count). The molecule has 0 fully saturated rings. The van der Waals surface area contributed by atoms with Gasteiger partial charge in [-0.1, -0.05) is 6.92 Å². The highest BCUT2D eigenvalue weighted by molar-refractivity contribution is 7.98. The zero-order valence-corrected chi connectivity index (χ0v) is 15.5. The van der Waals surface area contributed by atoms with Gasteiger partial charge in [-0.15, -0.1) is 0 Å². The molecule has 3 aromatic heterocycles. The molecule has 0 bridgehead atoms. The fourth-order valence-electron chi connectivity index (χ4n) is 2.54. The normalized spacial score (nSPS) is 11.3. The third-order valence-electron chi connectivity index (χ3n) is 4.20. The number of aryl methyl sites for hydroxylation is 4. The first-order valence-electron chi connectivity index (χ1n) is 8.26. The van der Waals surface area contributed by atoms with Gasteiger partial charge in [0.15, 0.2) is 5.65 Å². The molecule has 0 aliphatic rings. The summed E-state index contributed by atoms with van der Waals surface area (Å²) >= 11 is 1.88. The Bertz CT molecular complexity index is 835. The van der Waals surface area contributed by atoms with Crippen molar-refractivity contribution in [3.8, 4) is 0 Å². The number of hydrogen-bond acceptors (Lipinski definition) is 5. The molecule has 0 saturated heterocycles. The van der Waals surface area contributed by atoms with Crippen molar-refractivity contribution in [3.63, 3.8) is 0 Å². The number of nitrogens with zero attached hydrogens (tertiary/aromatic N) is 4. The smallest absolute Gasteiger partial charge is 0.160 e. The molecule has 128 valence electrons. The van der Waals surface area contributed by atoms with Gasteiger partial charge in [-0.3, -0.25) is 0 Å². The monoisotopic (exact) mass is 344 g/mol. The SMILES string of the molecule is CCc1cc(NCCSCc2nc[nH]c2C)n2nc(C)c(C)c2n1. The van der Waals surface area contributed by atoms with Gasteiger partial charge in [-0.25, -0.2) is 9.97 Å². The first-order chi connectivity index (χ1) is 11.6. The predicted molar refractivity (Wildman–Crippen MR) is 99.8 cm³/mol. The van der Waals surface area contributed by atoms with Gasteiger partial charge in [0.05, 0.1) is 17.7 Å². The minimum atomic E-state index is 0.883. The van der Waals surface area contributed by atoms with Crippen LogP contribution < -0.4 is 5.32 Å². The minimum Gasteiger partial charge on any atom is -0.369 e. The lowest BCUT2D eigenvalue weighted by Crippen LogP contribution is -2.10. The van der Waals surface area contributed by atoms with Gasteiger partial charge < -0.3 is 10.3 Å². The van der Waals surface area contributed by atoms with Gasteiger partial charge in [0.25, 0.3) is 0 Å². The number of rotatable bonds is 7. The molecule has 6 nitrogen and oxygen atoms in total. The Kier molecular flexibility index (Phi) is 5.08. The van der Waals surface area contributed by atoms with Crippen LogP contribution in [0.15, 0.2) is 12.4 Å². The van der Waals surface area contributed by atoms with Gasteiger partial charge in [-0.2, -0.15) is 21.4 Å². The Hall–Kier alpha value is -2.02. The number of aromatic amines is 1. The summed E-state index contributed by atoms with van der Waals surface area (Å²) in [5.41, 5.74) is 6.51. The fourth-order valence-corrected chi connectivity index (χ4v) is 3.41. The Morgan fingerprint density at radius 1 is 1.29 bits per heavy atom. The van der Waals surface area contributed by atoms with E-state index in [1.165, 1.54) is 0 Å². The van der Waals surface area contributed by atoms with Crippen molar-refractivity contribution in [2.24, 2.45) is 0 Å². The van der Waals surface area contributed by atoms with Gasteiger partial charge in [0, 0.05) is 41.1 Å². The first-order valence-corrected chi connectivity index (χ1v) is 9.42. The van der Waals surface area contributed by atoms with Gasteiger partial charge in [0.1, 0.15) is 5.82 Å². The second-order valence-corrected chi connectivity index (χ2v) is 6.99. The Morgan fingerprint density at radius 2 is 2.12 bits per heavy atom.